The quantitative estimate of drug-likeness (QED) is 0.645. The molecule has 1 heterocycles. The maximum absolute atomic E-state index is 13.9. The van der Waals surface area contributed by atoms with Crippen molar-refractivity contribution in [2.75, 3.05) is 0 Å². The molecule has 1 aromatic heterocycles. The van der Waals surface area contributed by atoms with Crippen LogP contribution in [0.2, 0.25) is 0 Å². The van der Waals surface area contributed by atoms with Gasteiger partial charge in [0.05, 0.1) is 6.04 Å². The van der Waals surface area contributed by atoms with Crippen LogP contribution in [-0.4, -0.2) is 4.98 Å². The van der Waals surface area contributed by atoms with Gasteiger partial charge < -0.3 is 0 Å². The van der Waals surface area contributed by atoms with E-state index in [2.05, 4.69) is 10.4 Å². The smallest absolute Gasteiger partial charge is 0.128 e. The Labute approximate surface area is 106 Å². The minimum absolute atomic E-state index is 0.271. The van der Waals surface area contributed by atoms with E-state index in [4.69, 9.17) is 5.84 Å². The molecule has 0 spiro atoms. The number of aryl methyl sites for hydroxylation is 2. The highest BCUT2D eigenvalue weighted by Crippen LogP contribution is 2.26. The summed E-state index contributed by atoms with van der Waals surface area (Å²) < 4.78 is 13.9. The van der Waals surface area contributed by atoms with Crippen molar-refractivity contribution >= 4 is 0 Å². The van der Waals surface area contributed by atoms with Crippen LogP contribution in [0.1, 0.15) is 28.4 Å². The van der Waals surface area contributed by atoms with Crippen LogP contribution in [-0.2, 0) is 0 Å². The number of nitrogens with zero attached hydrogens (tertiary/aromatic N) is 1. The summed E-state index contributed by atoms with van der Waals surface area (Å²) >= 11 is 0. The van der Waals surface area contributed by atoms with Gasteiger partial charge in [-0.2, -0.15) is 0 Å². The van der Waals surface area contributed by atoms with Crippen molar-refractivity contribution in [1.82, 2.24) is 10.4 Å². The number of aromatic nitrogens is 1. The molecule has 0 aliphatic carbocycles. The van der Waals surface area contributed by atoms with Crippen LogP contribution < -0.4 is 11.3 Å². The Morgan fingerprint density at radius 1 is 1.22 bits per heavy atom. The number of hydrazine groups is 1. The van der Waals surface area contributed by atoms with Gasteiger partial charge in [0, 0.05) is 17.5 Å². The van der Waals surface area contributed by atoms with Crippen molar-refractivity contribution in [3.8, 4) is 0 Å². The molecule has 3 N–H and O–H groups in total. The molecule has 0 radical (unpaired) electrons. The zero-order valence-corrected chi connectivity index (χ0v) is 10.4. The van der Waals surface area contributed by atoms with Gasteiger partial charge in [-0.1, -0.05) is 23.8 Å². The minimum atomic E-state index is -0.390. The van der Waals surface area contributed by atoms with E-state index in [1.54, 1.807) is 18.3 Å². The van der Waals surface area contributed by atoms with E-state index in [1.807, 2.05) is 26.0 Å². The molecule has 94 valence electrons. The van der Waals surface area contributed by atoms with E-state index < -0.39 is 6.04 Å². The van der Waals surface area contributed by atoms with Crippen LogP contribution in [0.3, 0.4) is 0 Å². The van der Waals surface area contributed by atoms with E-state index in [0.717, 1.165) is 16.8 Å². The third kappa shape index (κ3) is 2.39. The number of nitrogens with one attached hydrogen (secondary N) is 1. The molecular formula is C14H16FN3. The van der Waals surface area contributed by atoms with Gasteiger partial charge in [0.1, 0.15) is 5.82 Å². The van der Waals surface area contributed by atoms with E-state index in [0.29, 0.717) is 5.56 Å². The number of hydrogen-bond donors (Lipinski definition) is 2. The van der Waals surface area contributed by atoms with Crippen molar-refractivity contribution in [3.05, 3.63) is 64.7 Å². The van der Waals surface area contributed by atoms with Crippen molar-refractivity contribution in [3.63, 3.8) is 0 Å². The first-order chi connectivity index (χ1) is 8.63. The predicted molar refractivity (Wildman–Crippen MR) is 69.3 cm³/mol. The van der Waals surface area contributed by atoms with Gasteiger partial charge in [0.15, 0.2) is 0 Å². The van der Waals surface area contributed by atoms with Crippen molar-refractivity contribution in [2.24, 2.45) is 5.84 Å². The van der Waals surface area contributed by atoms with Crippen molar-refractivity contribution in [2.45, 2.75) is 19.9 Å². The number of halogens is 1. The molecule has 2 rings (SSSR count). The first-order valence-corrected chi connectivity index (χ1v) is 5.77. The zero-order valence-electron chi connectivity index (χ0n) is 10.4. The van der Waals surface area contributed by atoms with Crippen LogP contribution in [0.25, 0.3) is 0 Å². The topological polar surface area (TPSA) is 50.9 Å². The van der Waals surface area contributed by atoms with Crippen molar-refractivity contribution < 1.29 is 4.39 Å². The zero-order chi connectivity index (χ0) is 13.1. The molecule has 0 saturated carbocycles. The maximum atomic E-state index is 13.9. The van der Waals surface area contributed by atoms with Crippen LogP contribution in [0.5, 0.6) is 0 Å². The van der Waals surface area contributed by atoms with Gasteiger partial charge in [-0.05, 0) is 31.5 Å². The molecule has 0 amide bonds. The fourth-order valence-electron chi connectivity index (χ4n) is 2.03. The second-order valence-corrected chi connectivity index (χ2v) is 4.30. The molecular weight excluding hydrogens is 229 g/mol. The third-order valence-corrected chi connectivity index (χ3v) is 2.99. The Balaban J connectivity index is 2.52. The lowest BCUT2D eigenvalue weighted by atomic mass is 9.96. The molecule has 3 nitrogen and oxygen atoms in total. The Hall–Kier alpha value is -1.78. The largest absolute Gasteiger partial charge is 0.271 e. The second kappa shape index (κ2) is 5.25. The standard InChI is InChI=1S/C14H16FN3/c1-9-5-6-13(15)12(8-9)14(18-16)11-4-3-7-17-10(11)2/h3-8,14,18H,16H2,1-2H3. The van der Waals surface area contributed by atoms with Crippen molar-refractivity contribution in [1.29, 1.82) is 0 Å². The highest BCUT2D eigenvalue weighted by atomic mass is 19.1. The second-order valence-electron chi connectivity index (χ2n) is 4.30. The molecule has 0 saturated heterocycles. The average Bonchev–Trinajstić information content (AvgIpc) is 2.36. The Morgan fingerprint density at radius 3 is 2.67 bits per heavy atom. The highest BCUT2D eigenvalue weighted by molar-refractivity contribution is 5.36. The lowest BCUT2D eigenvalue weighted by Crippen LogP contribution is -2.30. The summed E-state index contributed by atoms with van der Waals surface area (Å²) in [5.74, 6) is 5.31. The molecule has 18 heavy (non-hydrogen) atoms. The number of benzene rings is 1. The van der Waals surface area contributed by atoms with Crippen LogP contribution >= 0.6 is 0 Å². The van der Waals surface area contributed by atoms with E-state index in [-0.39, 0.29) is 5.82 Å². The number of pyridine rings is 1. The summed E-state index contributed by atoms with van der Waals surface area (Å²) in [6.07, 6.45) is 1.71. The molecule has 0 bridgehead atoms. The molecule has 1 unspecified atom stereocenters. The van der Waals surface area contributed by atoms with Gasteiger partial charge in [0.25, 0.3) is 0 Å². The van der Waals surface area contributed by atoms with Gasteiger partial charge >= 0.3 is 0 Å². The molecule has 4 heteroatoms. The van der Waals surface area contributed by atoms with Gasteiger partial charge in [-0.15, -0.1) is 0 Å². The normalized spacial score (nSPS) is 12.4. The Morgan fingerprint density at radius 2 is 2.00 bits per heavy atom. The first kappa shape index (κ1) is 12.7. The molecule has 1 aromatic carbocycles. The van der Waals surface area contributed by atoms with E-state index in [1.165, 1.54) is 6.07 Å². The summed E-state index contributed by atoms with van der Waals surface area (Å²) in [5, 5.41) is 0. The summed E-state index contributed by atoms with van der Waals surface area (Å²) in [4.78, 5) is 4.21. The number of hydrogen-bond acceptors (Lipinski definition) is 3. The first-order valence-electron chi connectivity index (χ1n) is 5.77. The van der Waals surface area contributed by atoms with Crippen LogP contribution in [0.4, 0.5) is 4.39 Å². The lowest BCUT2D eigenvalue weighted by Gasteiger charge is -2.19. The maximum Gasteiger partial charge on any atom is 0.128 e. The van der Waals surface area contributed by atoms with E-state index in [9.17, 15) is 4.39 Å². The fourth-order valence-corrected chi connectivity index (χ4v) is 2.03. The summed E-state index contributed by atoms with van der Waals surface area (Å²) in [6.45, 7) is 3.81. The predicted octanol–water partition coefficient (Wildman–Crippen LogP) is 2.39. The summed E-state index contributed by atoms with van der Waals surface area (Å²) in [6, 6.07) is 8.32. The Bertz CT molecular complexity index is 554. The van der Waals surface area contributed by atoms with Crippen LogP contribution in [0.15, 0.2) is 36.5 Å². The minimum Gasteiger partial charge on any atom is -0.271 e. The fraction of sp³-hybridized carbons (Fsp3) is 0.214. The van der Waals surface area contributed by atoms with Gasteiger partial charge in [0.2, 0.25) is 0 Å². The molecule has 0 aliphatic rings. The molecule has 2 aromatic rings. The number of nitrogens with two attached hydrogens (primary N) is 1. The summed E-state index contributed by atoms with van der Waals surface area (Å²) in [7, 11) is 0. The third-order valence-electron chi connectivity index (χ3n) is 2.99. The monoisotopic (exact) mass is 245 g/mol. The number of rotatable bonds is 3. The summed E-state index contributed by atoms with van der Waals surface area (Å²) in [5.41, 5.74) is 5.91. The van der Waals surface area contributed by atoms with Gasteiger partial charge in [-0.25, -0.2) is 9.82 Å². The average molecular weight is 245 g/mol. The van der Waals surface area contributed by atoms with Gasteiger partial charge in [-0.3, -0.25) is 10.8 Å². The molecule has 0 aliphatic heterocycles. The Kier molecular flexibility index (Phi) is 3.69. The van der Waals surface area contributed by atoms with Crippen LogP contribution in [0, 0.1) is 19.7 Å². The lowest BCUT2D eigenvalue weighted by molar-refractivity contribution is 0.557. The SMILES string of the molecule is Cc1ccc(F)c(C(NN)c2cccnc2C)c1. The van der Waals surface area contributed by atoms with E-state index >= 15 is 0 Å². The molecule has 1 atom stereocenters. The molecule has 0 fully saturated rings. The highest BCUT2D eigenvalue weighted by Gasteiger charge is 2.18.